The molecule has 2 aromatic carbocycles. The summed E-state index contributed by atoms with van der Waals surface area (Å²) < 4.78 is 5.47. The molecule has 1 atom stereocenters. The van der Waals surface area contributed by atoms with Crippen molar-refractivity contribution in [3.8, 4) is 5.75 Å². The molecular weight excluding hydrogens is 451 g/mol. The van der Waals surface area contributed by atoms with E-state index in [1.807, 2.05) is 18.2 Å². The summed E-state index contributed by atoms with van der Waals surface area (Å²) in [7, 11) is 1.72. The van der Waals surface area contributed by atoms with Crippen LogP contribution in [0.3, 0.4) is 0 Å². The molecule has 1 aliphatic rings. The van der Waals surface area contributed by atoms with Crippen LogP contribution in [-0.4, -0.2) is 39.2 Å². The zero-order valence-corrected chi connectivity index (χ0v) is 18.1. The van der Waals surface area contributed by atoms with Crippen LogP contribution in [0.25, 0.3) is 0 Å². The van der Waals surface area contributed by atoms with E-state index >= 15 is 0 Å². The fraction of sp³-hybridized carbons (Fsp3) is 0.381. The first-order chi connectivity index (χ1) is 12.8. The fourth-order valence-electron chi connectivity index (χ4n) is 3.35. The van der Waals surface area contributed by atoms with Gasteiger partial charge in [0.05, 0.1) is 12.8 Å². The van der Waals surface area contributed by atoms with Gasteiger partial charge in [-0.05, 0) is 36.5 Å². The molecule has 3 rings (SSSR count). The molecule has 5 nitrogen and oxygen atoms in total. The molecule has 1 heterocycles. The van der Waals surface area contributed by atoms with E-state index in [2.05, 4.69) is 51.6 Å². The van der Waals surface area contributed by atoms with Gasteiger partial charge in [0.2, 0.25) is 0 Å². The Labute approximate surface area is 179 Å². The van der Waals surface area contributed by atoms with Crippen molar-refractivity contribution >= 4 is 35.6 Å². The number of para-hydroxylation sites is 2. The average molecular weight is 480 g/mol. The summed E-state index contributed by atoms with van der Waals surface area (Å²) in [5, 5.41) is 3.21. The molecule has 1 aliphatic heterocycles. The molecule has 1 saturated heterocycles. The van der Waals surface area contributed by atoms with Gasteiger partial charge in [-0.2, -0.15) is 0 Å². The maximum absolute atomic E-state index is 6.01. The highest BCUT2D eigenvalue weighted by molar-refractivity contribution is 14.0. The molecule has 27 heavy (non-hydrogen) atoms. The van der Waals surface area contributed by atoms with Crippen molar-refractivity contribution < 1.29 is 4.74 Å². The molecule has 1 unspecified atom stereocenters. The zero-order chi connectivity index (χ0) is 18.2. The maximum atomic E-state index is 6.01. The topological polar surface area (TPSA) is 62.9 Å². The second-order valence-electron chi connectivity index (χ2n) is 6.66. The minimum Gasteiger partial charge on any atom is -0.495 e. The molecule has 0 aromatic heterocycles. The summed E-state index contributed by atoms with van der Waals surface area (Å²) in [6.07, 6.45) is 2.07. The SMILES string of the molecule is COc1ccccc1N1CCC(CN=C(N)NCCc2ccccc2)C1.I. The number of methoxy groups -OCH3 is 1. The first kappa shape index (κ1) is 21.3. The Kier molecular flexibility index (Phi) is 8.71. The molecule has 6 heteroatoms. The summed E-state index contributed by atoms with van der Waals surface area (Å²) >= 11 is 0. The molecule has 0 bridgehead atoms. The van der Waals surface area contributed by atoms with Crippen LogP contribution in [0.2, 0.25) is 0 Å². The van der Waals surface area contributed by atoms with Gasteiger partial charge in [-0.3, -0.25) is 4.99 Å². The van der Waals surface area contributed by atoms with E-state index in [4.69, 9.17) is 10.5 Å². The van der Waals surface area contributed by atoms with E-state index < -0.39 is 0 Å². The number of guanidine groups is 1. The van der Waals surface area contributed by atoms with E-state index in [-0.39, 0.29) is 24.0 Å². The lowest BCUT2D eigenvalue weighted by Crippen LogP contribution is -2.34. The van der Waals surface area contributed by atoms with Gasteiger partial charge in [0.1, 0.15) is 5.75 Å². The first-order valence-electron chi connectivity index (χ1n) is 9.22. The number of hydrogen-bond donors (Lipinski definition) is 2. The van der Waals surface area contributed by atoms with Crippen LogP contribution in [0.15, 0.2) is 59.6 Å². The third kappa shape index (κ3) is 6.30. The van der Waals surface area contributed by atoms with Gasteiger partial charge in [-0.25, -0.2) is 0 Å². The second-order valence-corrected chi connectivity index (χ2v) is 6.66. The van der Waals surface area contributed by atoms with Gasteiger partial charge >= 0.3 is 0 Å². The Hall–Kier alpha value is -1.96. The summed E-state index contributed by atoms with van der Waals surface area (Å²) in [4.78, 5) is 6.91. The Balaban J connectivity index is 0.00000261. The van der Waals surface area contributed by atoms with Crippen molar-refractivity contribution in [2.45, 2.75) is 12.8 Å². The lowest BCUT2D eigenvalue weighted by molar-refractivity contribution is 0.414. The number of rotatable bonds is 7. The van der Waals surface area contributed by atoms with Crippen molar-refractivity contribution in [2.75, 3.05) is 38.2 Å². The van der Waals surface area contributed by atoms with Crippen LogP contribution in [-0.2, 0) is 6.42 Å². The van der Waals surface area contributed by atoms with Crippen molar-refractivity contribution in [1.29, 1.82) is 0 Å². The van der Waals surface area contributed by atoms with Crippen LogP contribution in [0.1, 0.15) is 12.0 Å². The molecule has 0 spiro atoms. The van der Waals surface area contributed by atoms with Crippen LogP contribution < -0.4 is 20.7 Å². The number of aliphatic imine (C=N–C) groups is 1. The minimum absolute atomic E-state index is 0. The number of nitrogens with two attached hydrogens (primary N) is 1. The van der Waals surface area contributed by atoms with Crippen LogP contribution >= 0.6 is 24.0 Å². The van der Waals surface area contributed by atoms with Crippen molar-refractivity contribution in [1.82, 2.24) is 5.32 Å². The van der Waals surface area contributed by atoms with Gasteiger partial charge in [0.25, 0.3) is 0 Å². The monoisotopic (exact) mass is 480 g/mol. The van der Waals surface area contributed by atoms with Crippen molar-refractivity contribution in [3.63, 3.8) is 0 Å². The van der Waals surface area contributed by atoms with Crippen LogP contribution in [0.4, 0.5) is 5.69 Å². The molecule has 2 aromatic rings. The van der Waals surface area contributed by atoms with E-state index in [1.165, 1.54) is 5.56 Å². The second kappa shape index (κ2) is 11.0. The Morgan fingerprint density at radius 3 is 2.70 bits per heavy atom. The lowest BCUT2D eigenvalue weighted by atomic mass is 10.1. The Bertz CT molecular complexity index is 723. The summed E-state index contributed by atoms with van der Waals surface area (Å²) in [6.45, 7) is 3.58. The summed E-state index contributed by atoms with van der Waals surface area (Å²) in [6, 6.07) is 18.6. The number of anilines is 1. The highest BCUT2D eigenvalue weighted by atomic mass is 127. The molecule has 0 saturated carbocycles. The third-order valence-electron chi connectivity index (χ3n) is 4.79. The largest absolute Gasteiger partial charge is 0.495 e. The third-order valence-corrected chi connectivity index (χ3v) is 4.79. The Morgan fingerprint density at radius 2 is 1.93 bits per heavy atom. The number of nitrogens with one attached hydrogen (secondary N) is 1. The van der Waals surface area contributed by atoms with Crippen LogP contribution in [0, 0.1) is 5.92 Å². The van der Waals surface area contributed by atoms with Gasteiger partial charge < -0.3 is 20.7 Å². The molecule has 0 aliphatic carbocycles. The van der Waals surface area contributed by atoms with E-state index in [0.29, 0.717) is 11.9 Å². The number of nitrogens with zero attached hydrogens (tertiary/aromatic N) is 2. The lowest BCUT2D eigenvalue weighted by Gasteiger charge is -2.21. The quantitative estimate of drug-likeness (QED) is 0.363. The molecular formula is C21H29IN4O. The maximum Gasteiger partial charge on any atom is 0.188 e. The number of hydrogen-bond acceptors (Lipinski definition) is 3. The first-order valence-corrected chi connectivity index (χ1v) is 9.22. The molecule has 0 radical (unpaired) electrons. The van der Waals surface area contributed by atoms with Gasteiger partial charge in [0, 0.05) is 26.2 Å². The number of halogens is 1. The number of ether oxygens (including phenoxy) is 1. The van der Waals surface area contributed by atoms with Gasteiger partial charge in [-0.15, -0.1) is 24.0 Å². The van der Waals surface area contributed by atoms with Gasteiger partial charge in [-0.1, -0.05) is 42.5 Å². The predicted molar refractivity (Wildman–Crippen MR) is 123 cm³/mol. The molecule has 1 fully saturated rings. The smallest absolute Gasteiger partial charge is 0.188 e. The molecule has 3 N–H and O–H groups in total. The van der Waals surface area contributed by atoms with Gasteiger partial charge in [0.15, 0.2) is 5.96 Å². The highest BCUT2D eigenvalue weighted by Crippen LogP contribution is 2.31. The van der Waals surface area contributed by atoms with Crippen molar-refractivity contribution in [2.24, 2.45) is 16.6 Å². The average Bonchev–Trinajstić information content (AvgIpc) is 3.16. The normalized spacial score (nSPS) is 16.7. The van der Waals surface area contributed by atoms with E-state index in [0.717, 1.165) is 50.5 Å². The number of benzene rings is 2. The summed E-state index contributed by atoms with van der Waals surface area (Å²) in [5.74, 6) is 1.99. The fourth-order valence-corrected chi connectivity index (χ4v) is 3.35. The minimum atomic E-state index is 0. The molecule has 0 amide bonds. The molecule has 146 valence electrons. The summed E-state index contributed by atoms with van der Waals surface area (Å²) in [5.41, 5.74) is 8.48. The van der Waals surface area contributed by atoms with Crippen molar-refractivity contribution in [3.05, 3.63) is 60.2 Å². The highest BCUT2D eigenvalue weighted by Gasteiger charge is 2.24. The van der Waals surface area contributed by atoms with E-state index in [1.54, 1.807) is 7.11 Å². The Morgan fingerprint density at radius 1 is 1.19 bits per heavy atom. The standard InChI is InChI=1S/C21H28N4O.HI/c1-26-20-10-6-5-9-19(20)25-14-12-18(16-25)15-24-21(22)23-13-11-17-7-3-2-4-8-17;/h2-10,18H,11-16H2,1H3,(H3,22,23,24);1H. The zero-order valence-electron chi connectivity index (χ0n) is 15.8. The van der Waals surface area contributed by atoms with E-state index in [9.17, 15) is 0 Å². The predicted octanol–water partition coefficient (Wildman–Crippen LogP) is 3.29. The van der Waals surface area contributed by atoms with Crippen LogP contribution in [0.5, 0.6) is 5.75 Å².